The minimum atomic E-state index is -3.56. The molecule has 0 heterocycles. The maximum atomic E-state index is 11.7. The van der Waals surface area contributed by atoms with Crippen molar-refractivity contribution >= 4 is 39.7 Å². The van der Waals surface area contributed by atoms with Crippen molar-refractivity contribution in [3.63, 3.8) is 0 Å². The minimum Gasteiger partial charge on any atom is -0.266 e. The molecule has 3 nitrogen and oxygen atoms in total. The number of hydrogen-bond acceptors (Lipinski definition) is 3. The van der Waals surface area contributed by atoms with Gasteiger partial charge in [-0.05, 0) is 18.6 Å². The van der Waals surface area contributed by atoms with Gasteiger partial charge in [-0.3, -0.25) is 4.18 Å². The Kier molecular flexibility index (Phi) is 10.9. The van der Waals surface area contributed by atoms with E-state index in [1.165, 1.54) is 19.3 Å². The second-order valence-corrected chi connectivity index (χ2v) is 5.97. The molecule has 1 radical (unpaired) electrons. The smallest absolute Gasteiger partial charge is 0.266 e. The van der Waals surface area contributed by atoms with Crippen LogP contribution in [0.4, 0.5) is 0 Å². The molecule has 0 N–H and O–H groups in total. The summed E-state index contributed by atoms with van der Waals surface area (Å²) in [6.45, 7) is 2.46. The molecule has 0 aromatic heterocycles. The van der Waals surface area contributed by atoms with Crippen molar-refractivity contribution in [3.8, 4) is 0 Å². The quantitative estimate of drug-likeness (QED) is 0.398. The number of rotatable bonds is 9. The maximum absolute atomic E-state index is 11.7. The Bertz CT molecular complexity index is 418. The third-order valence-corrected chi connectivity index (χ3v) is 4.09. The van der Waals surface area contributed by atoms with Gasteiger partial charge in [0.2, 0.25) is 0 Å². The summed E-state index contributed by atoms with van der Waals surface area (Å²) < 4.78 is 28.5. The summed E-state index contributed by atoms with van der Waals surface area (Å²) in [4.78, 5) is 0.232. The van der Waals surface area contributed by atoms with Gasteiger partial charge in [-0.15, -0.1) is 0 Å². The van der Waals surface area contributed by atoms with Gasteiger partial charge in [0.1, 0.15) is 0 Å². The van der Waals surface area contributed by atoms with Crippen LogP contribution < -0.4 is 0 Å². The van der Waals surface area contributed by atoms with Crippen molar-refractivity contribution in [1.29, 1.82) is 0 Å². The molecular formula is C14H22NaO3S. The second-order valence-electron chi connectivity index (χ2n) is 4.36. The van der Waals surface area contributed by atoms with E-state index in [0.717, 1.165) is 19.3 Å². The Balaban J connectivity index is 0.00000324. The Morgan fingerprint density at radius 1 is 0.947 bits per heavy atom. The zero-order chi connectivity index (χ0) is 13.3. The number of hydrogen-bond donors (Lipinski definition) is 0. The van der Waals surface area contributed by atoms with E-state index in [2.05, 4.69) is 6.92 Å². The van der Waals surface area contributed by atoms with Crippen LogP contribution in [0.5, 0.6) is 0 Å². The normalized spacial score (nSPS) is 11.0. The molecule has 1 aromatic carbocycles. The average Bonchev–Trinajstić information content (AvgIpc) is 2.39. The minimum absolute atomic E-state index is 0. The second kappa shape index (κ2) is 10.9. The fourth-order valence-electron chi connectivity index (χ4n) is 1.71. The molecule has 103 valence electrons. The van der Waals surface area contributed by atoms with Gasteiger partial charge in [0, 0.05) is 29.6 Å². The van der Waals surface area contributed by atoms with Crippen LogP contribution in [-0.4, -0.2) is 44.6 Å². The molecule has 1 aromatic rings. The Labute approximate surface area is 139 Å². The van der Waals surface area contributed by atoms with Crippen LogP contribution in [0.2, 0.25) is 0 Å². The molecule has 0 bridgehead atoms. The number of unbranched alkanes of at least 4 members (excludes halogenated alkanes) is 5. The van der Waals surface area contributed by atoms with Crippen molar-refractivity contribution < 1.29 is 12.6 Å². The molecule has 0 aliphatic carbocycles. The maximum Gasteiger partial charge on any atom is 0.296 e. The van der Waals surface area contributed by atoms with E-state index in [1.54, 1.807) is 30.3 Å². The van der Waals surface area contributed by atoms with Crippen LogP contribution >= 0.6 is 0 Å². The molecule has 1 rings (SSSR count). The van der Waals surface area contributed by atoms with Gasteiger partial charge in [0.15, 0.2) is 0 Å². The zero-order valence-corrected chi connectivity index (χ0v) is 14.8. The van der Waals surface area contributed by atoms with Crippen molar-refractivity contribution in [2.24, 2.45) is 0 Å². The van der Waals surface area contributed by atoms with E-state index in [4.69, 9.17) is 4.18 Å². The monoisotopic (exact) mass is 293 g/mol. The average molecular weight is 293 g/mol. The van der Waals surface area contributed by atoms with Gasteiger partial charge in [-0.25, -0.2) is 0 Å². The molecule has 0 saturated heterocycles. The molecule has 5 heteroatoms. The molecule has 0 atom stereocenters. The topological polar surface area (TPSA) is 43.4 Å². The summed E-state index contributed by atoms with van der Waals surface area (Å²) >= 11 is 0. The van der Waals surface area contributed by atoms with Gasteiger partial charge in [0.05, 0.1) is 11.5 Å². The fraction of sp³-hybridized carbons (Fsp3) is 0.571. The molecule has 0 amide bonds. The predicted molar refractivity (Wildman–Crippen MR) is 78.7 cm³/mol. The first kappa shape index (κ1) is 19.1. The third-order valence-electron chi connectivity index (χ3n) is 2.77. The van der Waals surface area contributed by atoms with Gasteiger partial charge in [0.25, 0.3) is 10.1 Å². The van der Waals surface area contributed by atoms with Crippen LogP contribution in [0.15, 0.2) is 35.2 Å². The SMILES string of the molecule is CCCCCCCCOS(=O)(=O)c1ccccc1.[Na]. The van der Waals surface area contributed by atoms with Crippen LogP contribution in [0, 0.1) is 0 Å². The standard InChI is InChI=1S/C14H22O3S.Na/c1-2-3-4-5-6-10-13-17-18(15,16)14-11-8-7-9-12-14;/h7-9,11-12H,2-6,10,13H2,1H3;. The van der Waals surface area contributed by atoms with Crippen LogP contribution in [0.3, 0.4) is 0 Å². The molecule has 0 fully saturated rings. The van der Waals surface area contributed by atoms with Gasteiger partial charge in [-0.1, -0.05) is 57.2 Å². The Morgan fingerprint density at radius 2 is 1.53 bits per heavy atom. The largest absolute Gasteiger partial charge is 0.296 e. The first-order valence-electron chi connectivity index (χ1n) is 6.61. The van der Waals surface area contributed by atoms with Gasteiger partial charge < -0.3 is 0 Å². The summed E-state index contributed by atoms with van der Waals surface area (Å²) in [5.74, 6) is 0. The molecule has 0 unspecified atom stereocenters. The van der Waals surface area contributed by atoms with Gasteiger partial charge >= 0.3 is 0 Å². The first-order valence-corrected chi connectivity index (χ1v) is 8.02. The van der Waals surface area contributed by atoms with Crippen LogP contribution in [-0.2, 0) is 14.3 Å². The predicted octanol–water partition coefficient (Wildman–Crippen LogP) is 3.37. The molecule has 19 heavy (non-hydrogen) atoms. The van der Waals surface area contributed by atoms with E-state index >= 15 is 0 Å². The van der Waals surface area contributed by atoms with E-state index in [1.807, 2.05) is 0 Å². The number of benzene rings is 1. The third kappa shape index (κ3) is 8.10. The Hall–Kier alpha value is 0.130. The van der Waals surface area contributed by atoms with E-state index in [9.17, 15) is 8.42 Å². The summed E-state index contributed by atoms with van der Waals surface area (Å²) in [5, 5.41) is 0. The van der Waals surface area contributed by atoms with Crippen molar-refractivity contribution in [2.45, 2.75) is 50.3 Å². The van der Waals surface area contributed by atoms with E-state index in [-0.39, 0.29) is 41.1 Å². The molecule has 0 aliphatic rings. The van der Waals surface area contributed by atoms with E-state index in [0.29, 0.717) is 0 Å². The molecule has 0 spiro atoms. The fourth-order valence-corrected chi connectivity index (χ4v) is 2.67. The molecular weight excluding hydrogens is 271 g/mol. The Morgan fingerprint density at radius 3 is 2.16 bits per heavy atom. The zero-order valence-electron chi connectivity index (χ0n) is 12.0. The first-order chi connectivity index (χ1) is 8.67. The summed E-state index contributed by atoms with van der Waals surface area (Å²) in [5.41, 5.74) is 0. The van der Waals surface area contributed by atoms with E-state index < -0.39 is 10.1 Å². The van der Waals surface area contributed by atoms with Crippen LogP contribution in [0.25, 0.3) is 0 Å². The van der Waals surface area contributed by atoms with Crippen molar-refractivity contribution in [1.82, 2.24) is 0 Å². The summed E-state index contributed by atoms with van der Waals surface area (Å²) in [6, 6.07) is 8.28. The van der Waals surface area contributed by atoms with Crippen molar-refractivity contribution in [3.05, 3.63) is 30.3 Å². The van der Waals surface area contributed by atoms with Gasteiger partial charge in [-0.2, -0.15) is 8.42 Å². The molecule has 0 aliphatic heterocycles. The molecule has 0 saturated carbocycles. The van der Waals surface area contributed by atoms with Crippen molar-refractivity contribution in [2.75, 3.05) is 6.61 Å². The van der Waals surface area contributed by atoms with Crippen LogP contribution in [0.1, 0.15) is 45.4 Å². The summed E-state index contributed by atoms with van der Waals surface area (Å²) in [6.07, 6.45) is 6.69. The summed E-state index contributed by atoms with van der Waals surface area (Å²) in [7, 11) is -3.56.